The number of carbonyl (C=O) groups is 2. The fraction of sp³-hybridized carbons (Fsp3) is 0.778. The number of hydrogen-bond donors (Lipinski definition) is 3. The van der Waals surface area contributed by atoms with Crippen molar-refractivity contribution in [2.45, 2.75) is 25.0 Å². The van der Waals surface area contributed by atoms with Crippen LogP contribution in [0.25, 0.3) is 0 Å². The van der Waals surface area contributed by atoms with Crippen molar-refractivity contribution >= 4 is 24.5 Å². The number of nitrogens with zero attached hydrogens (tertiary/aromatic N) is 1. The number of aliphatic hydroxyl groups is 1. The highest BCUT2D eigenvalue weighted by atomic mass is 35.5. The molecule has 0 radical (unpaired) electrons. The topological polar surface area (TPSA) is 99.1 Å². The molecule has 1 amide bonds. The number of ether oxygens (including phenoxy) is 1. The van der Waals surface area contributed by atoms with Gasteiger partial charge in [-0.25, -0.2) is 9.59 Å². The summed E-state index contributed by atoms with van der Waals surface area (Å²) in [5, 5.41) is 21.1. The molecule has 0 aliphatic carbocycles. The molecule has 100 valence electrons. The van der Waals surface area contributed by atoms with Crippen LogP contribution in [0.2, 0.25) is 0 Å². The lowest BCUT2D eigenvalue weighted by molar-refractivity contribution is -0.148. The van der Waals surface area contributed by atoms with E-state index in [1.165, 1.54) is 0 Å². The van der Waals surface area contributed by atoms with Crippen LogP contribution in [0.4, 0.5) is 4.79 Å². The molecular weight excluding hydrogens is 252 g/mol. The van der Waals surface area contributed by atoms with Gasteiger partial charge in [0.15, 0.2) is 6.04 Å². The van der Waals surface area contributed by atoms with E-state index in [0.29, 0.717) is 13.0 Å². The van der Waals surface area contributed by atoms with Crippen LogP contribution in [0.3, 0.4) is 0 Å². The zero-order valence-corrected chi connectivity index (χ0v) is 10.3. The van der Waals surface area contributed by atoms with E-state index in [1.807, 2.05) is 0 Å². The van der Waals surface area contributed by atoms with Crippen molar-refractivity contribution in [3.63, 3.8) is 0 Å². The Morgan fingerprint density at radius 2 is 2.24 bits per heavy atom. The molecule has 0 aromatic rings. The number of methoxy groups -OCH3 is 1. The van der Waals surface area contributed by atoms with E-state index in [0.717, 1.165) is 18.4 Å². The molecule has 0 spiro atoms. The number of esters is 1. The Morgan fingerprint density at radius 3 is 2.59 bits per heavy atom. The van der Waals surface area contributed by atoms with Gasteiger partial charge in [0.1, 0.15) is 0 Å². The maximum atomic E-state index is 11.3. The molecule has 3 N–H and O–H groups in total. The van der Waals surface area contributed by atoms with Gasteiger partial charge in [0, 0.05) is 0 Å². The zero-order valence-electron chi connectivity index (χ0n) is 9.46. The van der Waals surface area contributed by atoms with Crippen molar-refractivity contribution < 1.29 is 24.5 Å². The minimum Gasteiger partial charge on any atom is -0.467 e. The molecule has 0 aromatic carbocycles. The molecule has 2 unspecified atom stereocenters. The van der Waals surface area contributed by atoms with Crippen LogP contribution < -0.4 is 5.32 Å². The molecule has 1 rings (SSSR count). The molecule has 8 heteroatoms. The van der Waals surface area contributed by atoms with Crippen molar-refractivity contribution in [3.05, 3.63) is 0 Å². The first-order valence-electron chi connectivity index (χ1n) is 5.05. The summed E-state index contributed by atoms with van der Waals surface area (Å²) in [4.78, 5) is 23.3. The summed E-state index contributed by atoms with van der Waals surface area (Å²) in [6, 6.07) is -1.17. The third-order valence-electron chi connectivity index (χ3n) is 2.57. The molecule has 1 aliphatic rings. The monoisotopic (exact) mass is 268 g/mol. The average molecular weight is 269 g/mol. The summed E-state index contributed by atoms with van der Waals surface area (Å²) in [6.07, 6.45) is -0.217. The number of aliphatic hydroxyl groups excluding tert-OH is 1. The van der Waals surface area contributed by atoms with Gasteiger partial charge >= 0.3 is 12.1 Å². The van der Waals surface area contributed by atoms with Crippen LogP contribution in [-0.2, 0) is 9.53 Å². The van der Waals surface area contributed by atoms with Crippen molar-refractivity contribution in [2.24, 2.45) is 0 Å². The Hall–Kier alpha value is -1.05. The number of halogens is 1. The smallest absolute Gasteiger partial charge is 0.409 e. The highest BCUT2D eigenvalue weighted by Crippen LogP contribution is 2.15. The number of amides is 1. The summed E-state index contributed by atoms with van der Waals surface area (Å²) in [5.41, 5.74) is 0. The molecular formula is C9H17ClN2O5. The third kappa shape index (κ3) is 3.72. The first kappa shape index (κ1) is 16.0. The van der Waals surface area contributed by atoms with Gasteiger partial charge in [-0.15, -0.1) is 12.4 Å². The fourth-order valence-electron chi connectivity index (χ4n) is 1.80. The maximum absolute atomic E-state index is 11.3. The number of nitrogens with one attached hydrogen (secondary N) is 1. The van der Waals surface area contributed by atoms with Gasteiger partial charge in [0.05, 0.1) is 19.9 Å². The molecule has 0 bridgehead atoms. The Kier molecular flexibility index (Phi) is 6.86. The maximum Gasteiger partial charge on any atom is 0.409 e. The van der Waals surface area contributed by atoms with Crippen LogP contribution in [0, 0.1) is 0 Å². The Morgan fingerprint density at radius 1 is 1.59 bits per heavy atom. The molecule has 0 saturated carbocycles. The number of carbonyl (C=O) groups excluding carboxylic acids is 1. The van der Waals surface area contributed by atoms with E-state index in [-0.39, 0.29) is 12.4 Å². The highest BCUT2D eigenvalue weighted by Gasteiger charge is 2.36. The molecule has 1 fully saturated rings. The predicted octanol–water partition coefficient (Wildman–Crippen LogP) is -0.368. The molecule has 7 nitrogen and oxygen atoms in total. The summed E-state index contributed by atoms with van der Waals surface area (Å²) in [6.45, 7) is 0.116. The van der Waals surface area contributed by atoms with Crippen molar-refractivity contribution in [3.8, 4) is 0 Å². The van der Waals surface area contributed by atoms with Gasteiger partial charge in [0.2, 0.25) is 0 Å². The van der Waals surface area contributed by atoms with Gasteiger partial charge in [-0.05, 0) is 19.4 Å². The summed E-state index contributed by atoms with van der Waals surface area (Å²) in [7, 11) is 1.16. The van der Waals surface area contributed by atoms with E-state index in [1.54, 1.807) is 0 Å². The zero-order chi connectivity index (χ0) is 12.1. The highest BCUT2D eigenvalue weighted by molar-refractivity contribution is 5.85. The molecule has 17 heavy (non-hydrogen) atoms. The summed E-state index contributed by atoms with van der Waals surface area (Å²) < 4.78 is 4.46. The standard InChI is InChI=1S/C9H16N2O5.ClH/c1-16-8(13)6(5-12)11(9(14)15)7-3-2-4-10-7;/h6-7,10,12H,2-5H2,1H3,(H,14,15);1H. The molecule has 2 atom stereocenters. The number of hydrogen-bond acceptors (Lipinski definition) is 5. The second-order valence-corrected chi connectivity index (χ2v) is 3.52. The first-order valence-corrected chi connectivity index (χ1v) is 5.05. The number of rotatable bonds is 4. The van der Waals surface area contributed by atoms with Crippen LogP contribution in [-0.4, -0.2) is 59.6 Å². The SMILES string of the molecule is COC(=O)C(CO)N(C(=O)O)C1CCCN1.Cl. The molecule has 1 heterocycles. The lowest BCUT2D eigenvalue weighted by atomic mass is 10.2. The van der Waals surface area contributed by atoms with Gasteiger partial charge in [-0.1, -0.05) is 0 Å². The fourth-order valence-corrected chi connectivity index (χ4v) is 1.80. The van der Waals surface area contributed by atoms with Crippen LogP contribution >= 0.6 is 12.4 Å². The van der Waals surface area contributed by atoms with Crippen LogP contribution in [0.1, 0.15) is 12.8 Å². The van der Waals surface area contributed by atoms with Gasteiger partial charge in [-0.2, -0.15) is 0 Å². The molecule has 1 saturated heterocycles. The Balaban J connectivity index is 0.00000256. The number of carboxylic acid groups (broad SMARTS) is 1. The van der Waals surface area contributed by atoms with E-state index in [9.17, 15) is 9.59 Å². The third-order valence-corrected chi connectivity index (χ3v) is 2.57. The first-order chi connectivity index (χ1) is 7.61. The van der Waals surface area contributed by atoms with E-state index in [2.05, 4.69) is 10.1 Å². The van der Waals surface area contributed by atoms with Crippen molar-refractivity contribution in [1.29, 1.82) is 0 Å². The van der Waals surface area contributed by atoms with Crippen LogP contribution in [0.15, 0.2) is 0 Å². The van der Waals surface area contributed by atoms with E-state index < -0.39 is 30.9 Å². The van der Waals surface area contributed by atoms with Gasteiger partial charge in [0.25, 0.3) is 0 Å². The minimum atomic E-state index is -1.25. The van der Waals surface area contributed by atoms with Crippen LogP contribution in [0.5, 0.6) is 0 Å². The van der Waals surface area contributed by atoms with E-state index in [4.69, 9.17) is 10.2 Å². The summed E-state index contributed by atoms with van der Waals surface area (Å²) >= 11 is 0. The Bertz CT molecular complexity index is 270. The minimum absolute atomic E-state index is 0. The van der Waals surface area contributed by atoms with Crippen molar-refractivity contribution in [1.82, 2.24) is 10.2 Å². The second-order valence-electron chi connectivity index (χ2n) is 3.52. The Labute approximate surface area is 105 Å². The predicted molar refractivity (Wildman–Crippen MR) is 61.0 cm³/mol. The molecule has 0 aromatic heterocycles. The normalized spacial score (nSPS) is 20.2. The molecule has 1 aliphatic heterocycles. The average Bonchev–Trinajstić information content (AvgIpc) is 2.77. The van der Waals surface area contributed by atoms with Gasteiger partial charge < -0.3 is 14.9 Å². The lowest BCUT2D eigenvalue weighted by Crippen LogP contribution is -2.55. The largest absolute Gasteiger partial charge is 0.467 e. The van der Waals surface area contributed by atoms with Crippen molar-refractivity contribution in [2.75, 3.05) is 20.3 Å². The lowest BCUT2D eigenvalue weighted by Gasteiger charge is -2.31. The van der Waals surface area contributed by atoms with Gasteiger partial charge in [-0.3, -0.25) is 10.2 Å². The quantitative estimate of drug-likeness (QED) is 0.602. The van der Waals surface area contributed by atoms with E-state index >= 15 is 0 Å². The second kappa shape index (κ2) is 7.31. The summed E-state index contributed by atoms with van der Waals surface area (Å²) in [5.74, 6) is -0.751.